The number of carbonyl (C=O) groups excluding carboxylic acids is 1. The fourth-order valence-corrected chi connectivity index (χ4v) is 4.98. The van der Waals surface area contributed by atoms with Gasteiger partial charge in [0.2, 0.25) is 0 Å². The van der Waals surface area contributed by atoms with Crippen LogP contribution in [-0.4, -0.2) is 88.2 Å². The van der Waals surface area contributed by atoms with Crippen molar-refractivity contribution in [1.29, 1.82) is 0 Å². The molecule has 2 aromatic heterocycles. The Labute approximate surface area is 191 Å². The summed E-state index contributed by atoms with van der Waals surface area (Å²) >= 11 is 0. The van der Waals surface area contributed by atoms with Crippen LogP contribution in [0.1, 0.15) is 35.8 Å². The Kier molecular flexibility index (Phi) is 5.79. The Balaban J connectivity index is 1.40. The van der Waals surface area contributed by atoms with E-state index in [1.54, 1.807) is 6.07 Å². The molecule has 3 N–H and O–H groups in total. The third-order valence-electron chi connectivity index (χ3n) is 6.71. The molecule has 0 radical (unpaired) electrons. The highest BCUT2D eigenvalue weighted by molar-refractivity contribution is 5.92. The molecule has 0 aromatic carbocycles. The maximum absolute atomic E-state index is 12.4. The molecule has 3 fully saturated rings. The first-order valence-corrected chi connectivity index (χ1v) is 11.4. The molecule has 3 aliphatic rings. The molecular formula is C22H29N7O4. The topological polar surface area (TPSA) is 127 Å². The zero-order valence-electron chi connectivity index (χ0n) is 18.6. The summed E-state index contributed by atoms with van der Waals surface area (Å²) in [5.41, 5.74) is 2.26. The van der Waals surface area contributed by atoms with Crippen molar-refractivity contribution in [3.05, 3.63) is 35.8 Å². The lowest BCUT2D eigenvalue weighted by Gasteiger charge is -2.41. The van der Waals surface area contributed by atoms with Crippen molar-refractivity contribution in [3.8, 4) is 0 Å². The first kappa shape index (κ1) is 21.5. The van der Waals surface area contributed by atoms with Crippen molar-refractivity contribution < 1.29 is 19.4 Å². The van der Waals surface area contributed by atoms with E-state index in [2.05, 4.69) is 31.4 Å². The molecule has 11 nitrogen and oxygen atoms in total. The summed E-state index contributed by atoms with van der Waals surface area (Å²) in [6, 6.07) is 3.69. The highest BCUT2D eigenvalue weighted by atomic mass is 16.5. The van der Waals surface area contributed by atoms with Gasteiger partial charge in [0.05, 0.1) is 12.2 Å². The summed E-state index contributed by atoms with van der Waals surface area (Å²) in [5, 5.41) is 18.8. The predicted octanol–water partition coefficient (Wildman–Crippen LogP) is 1.29. The van der Waals surface area contributed by atoms with Crippen molar-refractivity contribution in [3.63, 3.8) is 0 Å². The van der Waals surface area contributed by atoms with E-state index < -0.39 is 6.09 Å². The van der Waals surface area contributed by atoms with Crippen LogP contribution in [-0.2, 0) is 11.3 Å². The summed E-state index contributed by atoms with van der Waals surface area (Å²) in [6.07, 6.45) is 5.13. The number of aromatic amines is 1. The van der Waals surface area contributed by atoms with Gasteiger partial charge in [-0.3, -0.25) is 9.89 Å². The van der Waals surface area contributed by atoms with Crippen LogP contribution in [0.25, 0.3) is 0 Å². The van der Waals surface area contributed by atoms with Crippen LogP contribution >= 0.6 is 0 Å². The van der Waals surface area contributed by atoms with Gasteiger partial charge in [-0.15, -0.1) is 0 Å². The van der Waals surface area contributed by atoms with Crippen LogP contribution in [0.2, 0.25) is 0 Å². The van der Waals surface area contributed by atoms with E-state index in [1.807, 2.05) is 13.1 Å². The number of amides is 2. The monoisotopic (exact) mass is 455 g/mol. The molecule has 0 saturated carbocycles. The first-order chi connectivity index (χ1) is 16.0. The summed E-state index contributed by atoms with van der Waals surface area (Å²) in [4.78, 5) is 34.6. The lowest BCUT2D eigenvalue weighted by Crippen LogP contribution is -2.53. The molecule has 0 spiro atoms. The van der Waals surface area contributed by atoms with Gasteiger partial charge in [-0.25, -0.2) is 9.78 Å². The summed E-state index contributed by atoms with van der Waals surface area (Å²) < 4.78 is 5.97. The quantitative estimate of drug-likeness (QED) is 0.616. The molecule has 5 rings (SSSR count). The Morgan fingerprint density at radius 1 is 1.24 bits per heavy atom. The van der Waals surface area contributed by atoms with Crippen molar-refractivity contribution in [2.24, 2.45) is 0 Å². The molecule has 176 valence electrons. The van der Waals surface area contributed by atoms with Gasteiger partial charge in [0, 0.05) is 75.0 Å². The molecule has 2 unspecified atom stereocenters. The molecule has 11 heteroatoms. The Morgan fingerprint density at radius 2 is 2.03 bits per heavy atom. The average Bonchev–Trinajstić information content (AvgIpc) is 3.47. The lowest BCUT2D eigenvalue weighted by molar-refractivity contribution is 0.0302. The number of nitrogens with one attached hydrogen (secondary N) is 2. The fourth-order valence-electron chi connectivity index (χ4n) is 4.98. The summed E-state index contributed by atoms with van der Waals surface area (Å²) in [5.74, 6) is 0.651. The molecule has 2 amide bonds. The number of carboxylic acid groups (broad SMARTS) is 1. The second-order valence-electron chi connectivity index (χ2n) is 8.96. The Morgan fingerprint density at radius 3 is 2.70 bits per heavy atom. The number of hydrogen-bond donors (Lipinski definition) is 3. The zero-order valence-corrected chi connectivity index (χ0v) is 18.6. The van der Waals surface area contributed by atoms with Gasteiger partial charge < -0.3 is 29.9 Å². The minimum absolute atomic E-state index is 0.00646. The lowest BCUT2D eigenvalue weighted by atomic mass is 10.1. The summed E-state index contributed by atoms with van der Waals surface area (Å²) in [7, 11) is 0. The normalized spacial score (nSPS) is 24.8. The molecule has 0 aliphatic carbocycles. The first-order valence-electron chi connectivity index (χ1n) is 11.4. The molecule has 2 aromatic rings. The van der Waals surface area contributed by atoms with Crippen LogP contribution in [0.3, 0.4) is 0 Å². The second kappa shape index (κ2) is 8.89. The second-order valence-corrected chi connectivity index (χ2v) is 8.96. The minimum Gasteiger partial charge on any atom is -0.465 e. The van der Waals surface area contributed by atoms with Crippen LogP contribution in [0, 0.1) is 0 Å². The largest absolute Gasteiger partial charge is 0.465 e. The van der Waals surface area contributed by atoms with Gasteiger partial charge >= 0.3 is 6.09 Å². The standard InChI is InChI=1S/C22H29N7O4/c1-14-11-27(22(31)32)6-7-29(14)19-8-20(28-12-16-2-3-17(13-28)33-16)23-9-15(19)10-24-21(30)18-4-5-25-26-18/h4-5,8-9,14,16-17H,2-3,6-7,10-13H2,1H3,(H,24,30)(H,25,26)(H,31,32)/t14-,16?,17?/m1/s1. The number of nitrogens with zero attached hydrogens (tertiary/aromatic N) is 5. The van der Waals surface area contributed by atoms with Gasteiger partial charge in [-0.2, -0.15) is 5.10 Å². The number of carbonyl (C=O) groups is 2. The van der Waals surface area contributed by atoms with E-state index in [9.17, 15) is 14.7 Å². The van der Waals surface area contributed by atoms with Gasteiger partial charge in [0.25, 0.3) is 5.91 Å². The fraction of sp³-hybridized carbons (Fsp3) is 0.545. The van der Waals surface area contributed by atoms with Gasteiger partial charge in [0.15, 0.2) is 0 Å². The van der Waals surface area contributed by atoms with Crippen molar-refractivity contribution in [2.45, 2.75) is 44.6 Å². The third kappa shape index (κ3) is 4.45. The number of ether oxygens (including phenoxy) is 1. The van der Waals surface area contributed by atoms with Gasteiger partial charge in [-0.1, -0.05) is 0 Å². The number of hydrogen-bond acceptors (Lipinski definition) is 7. The van der Waals surface area contributed by atoms with E-state index in [0.717, 1.165) is 43.0 Å². The van der Waals surface area contributed by atoms with Crippen LogP contribution in [0.15, 0.2) is 24.5 Å². The highest BCUT2D eigenvalue weighted by Gasteiger charge is 2.35. The number of H-pyrrole nitrogens is 1. The molecule has 2 bridgehead atoms. The van der Waals surface area contributed by atoms with Crippen molar-refractivity contribution in [1.82, 2.24) is 25.4 Å². The van der Waals surface area contributed by atoms with Gasteiger partial charge in [-0.05, 0) is 25.8 Å². The molecular weight excluding hydrogens is 426 g/mol. The number of pyridine rings is 1. The molecule has 3 aliphatic heterocycles. The molecule has 3 saturated heterocycles. The zero-order chi connectivity index (χ0) is 22.9. The molecule has 3 atom stereocenters. The summed E-state index contributed by atoms with van der Waals surface area (Å²) in [6.45, 7) is 5.40. The van der Waals surface area contributed by atoms with Crippen molar-refractivity contribution >= 4 is 23.5 Å². The number of piperazine rings is 1. The third-order valence-corrected chi connectivity index (χ3v) is 6.71. The van der Waals surface area contributed by atoms with E-state index >= 15 is 0 Å². The van der Waals surface area contributed by atoms with Gasteiger partial charge in [0.1, 0.15) is 11.5 Å². The Bertz CT molecular complexity index is 1000. The van der Waals surface area contributed by atoms with E-state index in [-0.39, 0.29) is 24.2 Å². The number of anilines is 2. The maximum atomic E-state index is 12.4. The average molecular weight is 456 g/mol. The van der Waals surface area contributed by atoms with E-state index in [1.165, 1.54) is 11.1 Å². The smallest absolute Gasteiger partial charge is 0.407 e. The molecule has 33 heavy (non-hydrogen) atoms. The SMILES string of the molecule is C[C@@H]1CN(C(=O)O)CCN1c1cc(N2CC3CCC(C2)O3)ncc1CNC(=O)c1ccn[nH]1. The Hall–Kier alpha value is -3.34. The highest BCUT2D eigenvalue weighted by Crippen LogP contribution is 2.33. The van der Waals surface area contributed by atoms with Crippen LogP contribution < -0.4 is 15.1 Å². The van der Waals surface area contributed by atoms with E-state index in [0.29, 0.717) is 31.9 Å². The van der Waals surface area contributed by atoms with Crippen LogP contribution in [0.5, 0.6) is 0 Å². The molecule has 5 heterocycles. The number of rotatable bonds is 5. The number of fused-ring (bicyclic) bond motifs is 2. The van der Waals surface area contributed by atoms with Crippen molar-refractivity contribution in [2.75, 3.05) is 42.5 Å². The predicted molar refractivity (Wildman–Crippen MR) is 121 cm³/mol. The number of morpholine rings is 1. The minimum atomic E-state index is -0.896. The maximum Gasteiger partial charge on any atom is 0.407 e. The number of aromatic nitrogens is 3. The van der Waals surface area contributed by atoms with E-state index in [4.69, 9.17) is 9.72 Å². The van der Waals surface area contributed by atoms with Crippen LogP contribution in [0.4, 0.5) is 16.3 Å².